The standard InChI is InChI=1S/2C14H12O7S.Ni/c2*1-20-13(15)9-4-3-8-6-11(14(16)21-2)12(22(17,18)19)7-10(8)5-9;/h2*3-7H,1-2H3,(H,17,18,19);/q;;+2/p-2. The summed E-state index contributed by atoms with van der Waals surface area (Å²) in [7, 11) is -5.20. The van der Waals surface area contributed by atoms with Crippen LogP contribution in [0.1, 0.15) is 41.4 Å². The van der Waals surface area contributed by atoms with E-state index in [9.17, 15) is 45.1 Å². The van der Waals surface area contributed by atoms with Crippen LogP contribution in [-0.4, -0.2) is 78.3 Å². The SMILES string of the molecule is COC(=O)c1ccc2cc(C(=O)OC)c(S(=O)(=O)[O-])cc2c1.COC(=O)c1ccc2cc(C(=O)OC)c(S(=O)(=O)[O-])cc2c1.[Ni+2]. The van der Waals surface area contributed by atoms with Crippen LogP contribution in [0.3, 0.4) is 0 Å². The molecule has 4 aromatic rings. The van der Waals surface area contributed by atoms with Gasteiger partial charge in [-0.3, -0.25) is 0 Å². The summed E-state index contributed by atoms with van der Waals surface area (Å²) in [5.74, 6) is -3.09. The summed E-state index contributed by atoms with van der Waals surface area (Å²) in [6.45, 7) is 0. The van der Waals surface area contributed by atoms with Crippen molar-refractivity contribution in [3.05, 3.63) is 82.9 Å². The zero-order valence-electron chi connectivity index (χ0n) is 23.6. The van der Waals surface area contributed by atoms with Gasteiger partial charge in [0.15, 0.2) is 0 Å². The third-order valence-electron chi connectivity index (χ3n) is 6.07. The van der Waals surface area contributed by atoms with E-state index < -0.39 is 53.9 Å². The van der Waals surface area contributed by atoms with Crippen LogP contribution in [0.2, 0.25) is 0 Å². The quantitative estimate of drug-likeness (QED) is 0.122. The van der Waals surface area contributed by atoms with Gasteiger partial charge in [0.05, 0.1) is 60.5 Å². The average Bonchev–Trinajstić information content (AvgIpc) is 3.00. The van der Waals surface area contributed by atoms with Gasteiger partial charge in [-0.15, -0.1) is 0 Å². The van der Waals surface area contributed by atoms with Gasteiger partial charge in [-0.05, 0) is 70.1 Å². The van der Waals surface area contributed by atoms with Gasteiger partial charge in [0.25, 0.3) is 0 Å². The fourth-order valence-electron chi connectivity index (χ4n) is 4.00. The van der Waals surface area contributed by atoms with E-state index >= 15 is 0 Å². The molecule has 0 spiro atoms. The fourth-order valence-corrected chi connectivity index (χ4v) is 5.36. The Kier molecular flexibility index (Phi) is 11.9. The maximum absolute atomic E-state index is 11.6. The van der Waals surface area contributed by atoms with Crippen molar-refractivity contribution < 1.29 is 80.6 Å². The van der Waals surface area contributed by atoms with Crippen LogP contribution in [0.5, 0.6) is 0 Å². The fraction of sp³-hybridized carbons (Fsp3) is 0.143. The van der Waals surface area contributed by atoms with Gasteiger partial charge in [-0.1, -0.05) is 12.1 Å². The molecule has 4 rings (SSSR count). The number of esters is 4. The van der Waals surface area contributed by atoms with Crippen LogP contribution in [0.4, 0.5) is 0 Å². The molecule has 0 saturated heterocycles. The normalized spacial score (nSPS) is 11.0. The van der Waals surface area contributed by atoms with Crippen molar-refractivity contribution in [1.29, 1.82) is 0 Å². The van der Waals surface area contributed by atoms with Crippen LogP contribution in [0.15, 0.2) is 70.5 Å². The van der Waals surface area contributed by atoms with E-state index in [0.29, 0.717) is 21.5 Å². The number of methoxy groups -OCH3 is 4. The molecule has 0 fully saturated rings. The smallest absolute Gasteiger partial charge is 0.744 e. The third kappa shape index (κ3) is 8.41. The molecule has 14 nitrogen and oxygen atoms in total. The maximum Gasteiger partial charge on any atom is 2.00 e. The van der Waals surface area contributed by atoms with Gasteiger partial charge in [0, 0.05) is 0 Å². The van der Waals surface area contributed by atoms with E-state index in [1.165, 1.54) is 62.8 Å². The Morgan fingerprint density at radius 1 is 0.489 bits per heavy atom. The monoisotopic (exact) mass is 704 g/mol. The van der Waals surface area contributed by atoms with E-state index in [1.54, 1.807) is 0 Å². The van der Waals surface area contributed by atoms with E-state index in [1.807, 2.05) is 0 Å². The van der Waals surface area contributed by atoms with Crippen molar-refractivity contribution in [3.8, 4) is 0 Å². The molecule has 0 unspecified atom stereocenters. The molecule has 0 radical (unpaired) electrons. The Bertz CT molecular complexity index is 1890. The number of carbonyl (C=O) groups excluding carboxylic acids is 4. The minimum atomic E-state index is -4.89. The summed E-state index contributed by atoms with van der Waals surface area (Å²) >= 11 is 0. The van der Waals surface area contributed by atoms with Crippen LogP contribution in [0, 0.1) is 0 Å². The number of hydrogen-bond donors (Lipinski definition) is 0. The van der Waals surface area contributed by atoms with Crippen molar-refractivity contribution >= 4 is 65.7 Å². The van der Waals surface area contributed by atoms with Crippen LogP contribution < -0.4 is 0 Å². The third-order valence-corrected chi connectivity index (χ3v) is 7.82. The van der Waals surface area contributed by atoms with E-state index in [2.05, 4.69) is 18.9 Å². The predicted octanol–water partition coefficient (Wildman–Crippen LogP) is 2.63. The zero-order valence-corrected chi connectivity index (χ0v) is 26.2. The van der Waals surface area contributed by atoms with Gasteiger partial charge in [0.2, 0.25) is 0 Å². The van der Waals surface area contributed by atoms with Gasteiger partial charge >= 0.3 is 40.4 Å². The van der Waals surface area contributed by atoms with Crippen molar-refractivity contribution in [2.75, 3.05) is 28.4 Å². The Balaban J connectivity index is 0.000000307. The first kappa shape index (κ1) is 36.8. The van der Waals surface area contributed by atoms with E-state index in [4.69, 9.17) is 0 Å². The van der Waals surface area contributed by atoms with E-state index in [-0.39, 0.29) is 38.7 Å². The molecule has 0 aliphatic carbocycles. The van der Waals surface area contributed by atoms with Crippen molar-refractivity contribution in [2.24, 2.45) is 0 Å². The van der Waals surface area contributed by atoms with Crippen LogP contribution >= 0.6 is 0 Å². The molecule has 45 heavy (non-hydrogen) atoms. The molecule has 0 atom stereocenters. The number of fused-ring (bicyclic) bond motifs is 2. The number of benzene rings is 4. The molecule has 0 heterocycles. The first-order valence-corrected chi connectivity index (χ1v) is 14.8. The molecule has 0 aliphatic heterocycles. The second-order valence-corrected chi connectivity index (χ2v) is 11.4. The van der Waals surface area contributed by atoms with E-state index in [0.717, 1.165) is 26.4 Å². The summed E-state index contributed by atoms with van der Waals surface area (Å²) in [6, 6.07) is 13.2. The minimum absolute atomic E-state index is 0. The molecule has 0 bridgehead atoms. The molecule has 0 amide bonds. The number of carbonyl (C=O) groups is 4. The molecule has 4 aromatic carbocycles. The molecular formula is C28H22NiO14S2. The molecule has 0 saturated carbocycles. The molecule has 0 aliphatic rings. The Labute approximate surface area is 266 Å². The molecule has 0 N–H and O–H groups in total. The van der Waals surface area contributed by atoms with Crippen molar-refractivity contribution in [2.45, 2.75) is 9.79 Å². The second kappa shape index (κ2) is 14.6. The van der Waals surface area contributed by atoms with Crippen molar-refractivity contribution in [1.82, 2.24) is 0 Å². The van der Waals surface area contributed by atoms with Crippen LogP contribution in [0.25, 0.3) is 21.5 Å². The first-order chi connectivity index (χ1) is 20.5. The summed E-state index contributed by atoms with van der Waals surface area (Å²) in [5.41, 5.74) is -0.322. The van der Waals surface area contributed by atoms with Gasteiger partial charge in [-0.2, -0.15) is 0 Å². The molecular weight excluding hydrogens is 683 g/mol. The summed E-state index contributed by atoms with van der Waals surface area (Å²) < 4.78 is 86.1. The number of hydrogen-bond acceptors (Lipinski definition) is 14. The van der Waals surface area contributed by atoms with Gasteiger partial charge in [-0.25, -0.2) is 36.0 Å². The van der Waals surface area contributed by atoms with Gasteiger partial charge in [0.1, 0.15) is 20.2 Å². The predicted molar refractivity (Wildman–Crippen MR) is 149 cm³/mol. The second-order valence-electron chi connectivity index (χ2n) is 8.70. The largest absolute Gasteiger partial charge is 2.00 e. The zero-order chi connectivity index (χ0) is 33.0. The summed E-state index contributed by atoms with van der Waals surface area (Å²) in [4.78, 5) is 44.9. The summed E-state index contributed by atoms with van der Waals surface area (Å²) in [6.07, 6.45) is 0. The Morgan fingerprint density at radius 3 is 1.07 bits per heavy atom. The Morgan fingerprint density at radius 2 is 0.800 bits per heavy atom. The molecule has 0 aromatic heterocycles. The number of ether oxygens (including phenoxy) is 4. The van der Waals surface area contributed by atoms with Crippen molar-refractivity contribution in [3.63, 3.8) is 0 Å². The van der Waals surface area contributed by atoms with Gasteiger partial charge < -0.3 is 28.1 Å². The summed E-state index contributed by atoms with van der Waals surface area (Å²) in [5, 5.41) is 1.57. The number of rotatable bonds is 6. The molecule has 240 valence electrons. The molecule has 17 heteroatoms. The topological polar surface area (TPSA) is 220 Å². The maximum atomic E-state index is 11.6. The van der Waals surface area contributed by atoms with Crippen LogP contribution in [-0.2, 0) is 55.7 Å². The minimum Gasteiger partial charge on any atom is -0.744 e. The Hall–Kier alpha value is -4.41. The average molecular weight is 705 g/mol. The first-order valence-electron chi connectivity index (χ1n) is 12.0.